The van der Waals surface area contributed by atoms with E-state index in [0.717, 1.165) is 30.7 Å². The van der Waals surface area contributed by atoms with Gasteiger partial charge in [-0.1, -0.05) is 13.3 Å². The first-order valence-corrected chi connectivity index (χ1v) is 5.83. The van der Waals surface area contributed by atoms with E-state index < -0.39 is 0 Å². The van der Waals surface area contributed by atoms with Gasteiger partial charge in [-0.3, -0.25) is 0 Å². The van der Waals surface area contributed by atoms with Crippen molar-refractivity contribution in [3.8, 4) is 0 Å². The first-order valence-electron chi connectivity index (χ1n) is 5.83. The molecule has 84 valence electrons. The lowest BCUT2D eigenvalue weighted by Gasteiger charge is -2.16. The van der Waals surface area contributed by atoms with Crippen LogP contribution in [0.2, 0.25) is 0 Å². The van der Waals surface area contributed by atoms with Gasteiger partial charge in [-0.05, 0) is 18.8 Å². The van der Waals surface area contributed by atoms with Crippen LogP contribution in [0.4, 0.5) is 0 Å². The summed E-state index contributed by atoms with van der Waals surface area (Å²) in [6, 6.07) is 0.721. The fourth-order valence-corrected chi connectivity index (χ4v) is 2.35. The van der Waals surface area contributed by atoms with Gasteiger partial charge in [0.05, 0.1) is 0 Å². The Morgan fingerprint density at radius 3 is 3.00 bits per heavy atom. The van der Waals surface area contributed by atoms with Crippen molar-refractivity contribution in [1.82, 2.24) is 20.1 Å². The Morgan fingerprint density at radius 2 is 2.40 bits per heavy atom. The van der Waals surface area contributed by atoms with Gasteiger partial charge in [-0.2, -0.15) is 0 Å². The van der Waals surface area contributed by atoms with E-state index in [4.69, 9.17) is 0 Å². The van der Waals surface area contributed by atoms with Crippen LogP contribution in [0, 0.1) is 5.92 Å². The van der Waals surface area contributed by atoms with Crippen LogP contribution < -0.4 is 5.32 Å². The Labute approximate surface area is 91.1 Å². The van der Waals surface area contributed by atoms with Gasteiger partial charge >= 0.3 is 0 Å². The molecule has 1 heterocycles. The minimum Gasteiger partial charge on any atom is -0.321 e. The van der Waals surface area contributed by atoms with E-state index in [-0.39, 0.29) is 0 Å². The molecule has 0 bridgehead atoms. The van der Waals surface area contributed by atoms with E-state index in [0.29, 0.717) is 0 Å². The molecule has 1 aliphatic rings. The van der Waals surface area contributed by atoms with Crippen LogP contribution in [0.3, 0.4) is 0 Å². The van der Waals surface area contributed by atoms with Crippen molar-refractivity contribution in [1.29, 1.82) is 0 Å². The van der Waals surface area contributed by atoms with Crippen molar-refractivity contribution in [3.63, 3.8) is 0 Å². The normalized spacial score (nSPS) is 26.0. The molecule has 0 aromatic carbocycles. The predicted octanol–water partition coefficient (Wildman–Crippen LogP) is 1.14. The highest BCUT2D eigenvalue weighted by atomic mass is 15.2. The lowest BCUT2D eigenvalue weighted by molar-refractivity contribution is 0.427. The molecule has 1 aromatic heterocycles. The summed E-state index contributed by atoms with van der Waals surface area (Å²) in [5.74, 6) is 1.90. The zero-order valence-corrected chi connectivity index (χ0v) is 9.61. The van der Waals surface area contributed by atoms with Gasteiger partial charge in [0.1, 0.15) is 12.2 Å². The molecule has 4 nitrogen and oxygen atoms in total. The fraction of sp³-hybridized carbons (Fsp3) is 0.818. The molecule has 1 fully saturated rings. The van der Waals surface area contributed by atoms with E-state index in [2.05, 4.69) is 22.4 Å². The largest absolute Gasteiger partial charge is 0.321 e. The second-order valence-electron chi connectivity index (χ2n) is 4.58. The van der Waals surface area contributed by atoms with E-state index in [9.17, 15) is 0 Å². The van der Waals surface area contributed by atoms with Gasteiger partial charge in [0.15, 0.2) is 0 Å². The molecular formula is C11H20N4. The molecule has 0 aliphatic heterocycles. The summed E-state index contributed by atoms with van der Waals surface area (Å²) in [4.78, 5) is 0. The summed E-state index contributed by atoms with van der Waals surface area (Å²) in [6.45, 7) is 3.36. The number of hydrogen-bond acceptors (Lipinski definition) is 3. The van der Waals surface area contributed by atoms with E-state index in [1.807, 2.05) is 11.6 Å². The molecule has 15 heavy (non-hydrogen) atoms. The van der Waals surface area contributed by atoms with Crippen molar-refractivity contribution >= 4 is 0 Å². The Morgan fingerprint density at radius 1 is 1.53 bits per heavy atom. The second-order valence-corrected chi connectivity index (χ2v) is 4.58. The van der Waals surface area contributed by atoms with Crippen molar-refractivity contribution in [2.24, 2.45) is 13.0 Å². The zero-order valence-electron chi connectivity index (χ0n) is 9.61. The van der Waals surface area contributed by atoms with Crippen LogP contribution in [0.25, 0.3) is 0 Å². The quantitative estimate of drug-likeness (QED) is 0.806. The van der Waals surface area contributed by atoms with E-state index in [1.54, 1.807) is 6.33 Å². The van der Waals surface area contributed by atoms with Gasteiger partial charge < -0.3 is 9.88 Å². The third-order valence-electron chi connectivity index (χ3n) is 3.42. The van der Waals surface area contributed by atoms with E-state index in [1.165, 1.54) is 19.3 Å². The first kappa shape index (κ1) is 10.6. The molecule has 2 unspecified atom stereocenters. The molecule has 0 amide bonds. The number of aryl methyl sites for hydroxylation is 1. The van der Waals surface area contributed by atoms with Gasteiger partial charge in [0.2, 0.25) is 0 Å². The van der Waals surface area contributed by atoms with Gasteiger partial charge in [-0.25, -0.2) is 0 Å². The maximum absolute atomic E-state index is 4.07. The summed E-state index contributed by atoms with van der Waals surface area (Å²) in [6.07, 6.45) is 6.82. The maximum atomic E-state index is 4.07. The Bertz CT molecular complexity index is 307. The topological polar surface area (TPSA) is 42.7 Å². The van der Waals surface area contributed by atoms with Crippen LogP contribution in [0.15, 0.2) is 6.33 Å². The average Bonchev–Trinajstić information content (AvgIpc) is 2.78. The number of rotatable bonds is 4. The molecule has 2 rings (SSSR count). The summed E-state index contributed by atoms with van der Waals surface area (Å²) in [7, 11) is 1.99. The van der Waals surface area contributed by atoms with Crippen molar-refractivity contribution in [2.75, 3.05) is 6.54 Å². The monoisotopic (exact) mass is 208 g/mol. The van der Waals surface area contributed by atoms with Crippen molar-refractivity contribution in [3.05, 3.63) is 12.2 Å². The highest BCUT2D eigenvalue weighted by molar-refractivity contribution is 4.87. The second kappa shape index (κ2) is 4.75. The molecule has 1 saturated carbocycles. The Kier molecular flexibility index (Phi) is 3.36. The van der Waals surface area contributed by atoms with Crippen LogP contribution >= 0.6 is 0 Å². The average molecular weight is 208 g/mol. The summed E-state index contributed by atoms with van der Waals surface area (Å²) < 4.78 is 1.99. The molecule has 2 atom stereocenters. The maximum Gasteiger partial charge on any atom is 0.133 e. The van der Waals surface area contributed by atoms with E-state index >= 15 is 0 Å². The summed E-state index contributed by atoms with van der Waals surface area (Å²) in [5, 5.41) is 11.6. The SMILES string of the molecule is CC1CCCC1NCCc1nncn1C. The zero-order chi connectivity index (χ0) is 10.7. The Hall–Kier alpha value is -0.900. The van der Waals surface area contributed by atoms with Gasteiger partial charge in [0.25, 0.3) is 0 Å². The molecule has 0 radical (unpaired) electrons. The third-order valence-corrected chi connectivity index (χ3v) is 3.42. The minimum absolute atomic E-state index is 0.721. The molecule has 1 N–H and O–H groups in total. The summed E-state index contributed by atoms with van der Waals surface area (Å²) in [5.41, 5.74) is 0. The lowest BCUT2D eigenvalue weighted by Crippen LogP contribution is -2.33. The molecule has 1 aromatic rings. The molecule has 1 aliphatic carbocycles. The standard InChI is InChI=1S/C11H20N4/c1-9-4-3-5-10(9)12-7-6-11-14-13-8-15(11)2/h8-10,12H,3-7H2,1-2H3. The molecule has 0 spiro atoms. The lowest BCUT2D eigenvalue weighted by atomic mass is 10.1. The highest BCUT2D eigenvalue weighted by Gasteiger charge is 2.22. The highest BCUT2D eigenvalue weighted by Crippen LogP contribution is 2.24. The predicted molar refractivity (Wildman–Crippen MR) is 59.5 cm³/mol. The number of nitrogens with one attached hydrogen (secondary N) is 1. The summed E-state index contributed by atoms with van der Waals surface area (Å²) >= 11 is 0. The minimum atomic E-state index is 0.721. The van der Waals surface area contributed by atoms with Crippen LogP contribution in [0.5, 0.6) is 0 Å². The van der Waals surface area contributed by atoms with Gasteiger partial charge in [-0.15, -0.1) is 10.2 Å². The third kappa shape index (κ3) is 2.56. The van der Waals surface area contributed by atoms with Crippen LogP contribution in [0.1, 0.15) is 32.0 Å². The van der Waals surface area contributed by atoms with Gasteiger partial charge in [0, 0.05) is 26.1 Å². The fourth-order valence-electron chi connectivity index (χ4n) is 2.35. The number of aromatic nitrogens is 3. The molecular weight excluding hydrogens is 188 g/mol. The van der Waals surface area contributed by atoms with Crippen molar-refractivity contribution < 1.29 is 0 Å². The number of hydrogen-bond donors (Lipinski definition) is 1. The molecule has 4 heteroatoms. The van der Waals surface area contributed by atoms with Crippen molar-refractivity contribution in [2.45, 2.75) is 38.6 Å². The Balaban J connectivity index is 1.73. The molecule has 0 saturated heterocycles. The smallest absolute Gasteiger partial charge is 0.133 e. The first-order chi connectivity index (χ1) is 7.27. The number of nitrogens with zero attached hydrogens (tertiary/aromatic N) is 3. The van der Waals surface area contributed by atoms with Crippen LogP contribution in [-0.4, -0.2) is 27.4 Å². The van der Waals surface area contributed by atoms with Crippen LogP contribution in [-0.2, 0) is 13.5 Å².